The molecule has 0 aromatic rings. The Kier molecular flexibility index (Phi) is 6.63. The van der Waals surface area contributed by atoms with E-state index in [0.717, 1.165) is 12.2 Å². The summed E-state index contributed by atoms with van der Waals surface area (Å²) in [4.78, 5) is 21.3. The first-order valence-corrected chi connectivity index (χ1v) is 4.41. The van der Waals surface area contributed by atoms with Gasteiger partial charge in [0.05, 0.1) is 6.61 Å². The Morgan fingerprint density at radius 2 is 1.73 bits per heavy atom. The van der Waals surface area contributed by atoms with E-state index < -0.39 is 11.9 Å². The van der Waals surface area contributed by atoms with E-state index in [-0.39, 0.29) is 6.61 Å². The first kappa shape index (κ1) is 13.2. The van der Waals surface area contributed by atoms with Gasteiger partial charge in [-0.15, -0.1) is 0 Å². The van der Waals surface area contributed by atoms with Crippen molar-refractivity contribution in [3.8, 4) is 0 Å². The standard InChI is InChI=1S/C11H14O4/c1-4-10(12)14-8-6-7-9(3)15-11(13)5-2/h4-5H,1-3,6-8H2. The molecule has 4 nitrogen and oxygen atoms in total. The van der Waals surface area contributed by atoms with Crippen molar-refractivity contribution in [1.82, 2.24) is 0 Å². The maximum Gasteiger partial charge on any atom is 0.335 e. The SMILES string of the molecule is C=CC(=O)OCCCC(=C)OC(=O)C=C. The van der Waals surface area contributed by atoms with Crippen LogP contribution in [-0.2, 0) is 19.1 Å². The van der Waals surface area contributed by atoms with Crippen molar-refractivity contribution >= 4 is 11.9 Å². The first-order valence-electron chi connectivity index (χ1n) is 4.41. The highest BCUT2D eigenvalue weighted by Crippen LogP contribution is 2.05. The van der Waals surface area contributed by atoms with Gasteiger partial charge in [0.2, 0.25) is 0 Å². The summed E-state index contributed by atoms with van der Waals surface area (Å²) in [5.74, 6) is -0.679. The number of esters is 2. The molecule has 82 valence electrons. The van der Waals surface area contributed by atoms with E-state index in [1.807, 2.05) is 0 Å². The molecule has 0 aromatic carbocycles. The molecule has 0 atom stereocenters. The normalized spacial score (nSPS) is 8.80. The number of carbonyl (C=O) groups is 2. The maximum atomic E-state index is 10.7. The van der Waals surface area contributed by atoms with Crippen LogP contribution in [0, 0.1) is 0 Å². The van der Waals surface area contributed by atoms with Crippen LogP contribution in [-0.4, -0.2) is 18.5 Å². The zero-order valence-electron chi connectivity index (χ0n) is 8.53. The summed E-state index contributed by atoms with van der Waals surface area (Å²) in [7, 11) is 0. The maximum absolute atomic E-state index is 10.7. The van der Waals surface area contributed by atoms with Crippen molar-refractivity contribution in [2.24, 2.45) is 0 Å². The highest BCUT2D eigenvalue weighted by atomic mass is 16.5. The predicted octanol–water partition coefficient (Wildman–Crippen LogP) is 1.74. The van der Waals surface area contributed by atoms with Crippen LogP contribution in [0.25, 0.3) is 0 Å². The van der Waals surface area contributed by atoms with Crippen LogP contribution in [0.2, 0.25) is 0 Å². The largest absolute Gasteiger partial charge is 0.463 e. The number of hydrogen-bond acceptors (Lipinski definition) is 4. The smallest absolute Gasteiger partial charge is 0.335 e. The highest BCUT2D eigenvalue weighted by molar-refractivity contribution is 5.82. The zero-order chi connectivity index (χ0) is 11.7. The Morgan fingerprint density at radius 1 is 1.13 bits per heavy atom. The van der Waals surface area contributed by atoms with Gasteiger partial charge in [0, 0.05) is 18.6 Å². The van der Waals surface area contributed by atoms with Gasteiger partial charge in [-0.2, -0.15) is 0 Å². The lowest BCUT2D eigenvalue weighted by atomic mass is 10.3. The van der Waals surface area contributed by atoms with Gasteiger partial charge in [-0.25, -0.2) is 9.59 Å². The van der Waals surface area contributed by atoms with Crippen LogP contribution in [0.1, 0.15) is 12.8 Å². The molecular weight excluding hydrogens is 196 g/mol. The van der Waals surface area contributed by atoms with E-state index in [1.54, 1.807) is 0 Å². The average molecular weight is 210 g/mol. The van der Waals surface area contributed by atoms with Crippen molar-refractivity contribution in [2.45, 2.75) is 12.8 Å². The lowest BCUT2D eigenvalue weighted by molar-refractivity contribution is -0.138. The number of ether oxygens (including phenoxy) is 2. The quantitative estimate of drug-likeness (QED) is 0.278. The Balaban J connectivity index is 3.55. The molecule has 0 rings (SSSR count). The molecule has 15 heavy (non-hydrogen) atoms. The number of carbonyl (C=O) groups excluding carboxylic acids is 2. The molecule has 0 saturated carbocycles. The molecule has 0 amide bonds. The van der Waals surface area contributed by atoms with Gasteiger partial charge in [0.1, 0.15) is 5.76 Å². The van der Waals surface area contributed by atoms with Gasteiger partial charge >= 0.3 is 11.9 Å². The minimum atomic E-state index is -0.539. The molecule has 0 spiro atoms. The second kappa shape index (κ2) is 7.55. The molecule has 0 bridgehead atoms. The van der Waals surface area contributed by atoms with Crippen molar-refractivity contribution in [3.63, 3.8) is 0 Å². The third-order valence-electron chi connectivity index (χ3n) is 1.42. The van der Waals surface area contributed by atoms with Gasteiger partial charge in [0.15, 0.2) is 0 Å². The van der Waals surface area contributed by atoms with Crippen LogP contribution in [0.3, 0.4) is 0 Å². The molecule has 0 unspecified atom stereocenters. The molecule has 0 aromatic heterocycles. The lowest BCUT2D eigenvalue weighted by Gasteiger charge is -2.05. The molecule has 0 radical (unpaired) electrons. The Labute approximate surface area is 88.9 Å². The van der Waals surface area contributed by atoms with E-state index in [0.29, 0.717) is 18.6 Å². The summed E-state index contributed by atoms with van der Waals surface area (Å²) in [6.07, 6.45) is 3.14. The molecule has 4 heteroatoms. The Morgan fingerprint density at radius 3 is 2.27 bits per heavy atom. The Bertz CT molecular complexity index is 278. The van der Waals surface area contributed by atoms with Gasteiger partial charge in [-0.3, -0.25) is 0 Å². The zero-order valence-corrected chi connectivity index (χ0v) is 8.53. The number of allylic oxidation sites excluding steroid dienone is 1. The highest BCUT2D eigenvalue weighted by Gasteiger charge is 2.01. The van der Waals surface area contributed by atoms with Gasteiger partial charge < -0.3 is 9.47 Å². The van der Waals surface area contributed by atoms with Gasteiger partial charge in [0.25, 0.3) is 0 Å². The second-order valence-corrected chi connectivity index (χ2v) is 2.64. The minimum Gasteiger partial charge on any atom is -0.463 e. The topological polar surface area (TPSA) is 52.6 Å². The molecule has 0 aliphatic heterocycles. The predicted molar refractivity (Wildman–Crippen MR) is 55.8 cm³/mol. The van der Waals surface area contributed by atoms with Crippen LogP contribution in [0.4, 0.5) is 0 Å². The van der Waals surface area contributed by atoms with Crippen molar-refractivity contribution in [2.75, 3.05) is 6.61 Å². The molecule has 0 saturated heterocycles. The summed E-state index contributed by atoms with van der Waals surface area (Å²) in [5, 5.41) is 0. The second-order valence-electron chi connectivity index (χ2n) is 2.64. The summed E-state index contributed by atoms with van der Waals surface area (Å²) in [6.45, 7) is 10.3. The van der Waals surface area contributed by atoms with Crippen LogP contribution >= 0.6 is 0 Å². The fourth-order valence-electron chi connectivity index (χ4n) is 0.736. The minimum absolute atomic E-state index is 0.246. The third kappa shape index (κ3) is 7.25. The van der Waals surface area contributed by atoms with Crippen molar-refractivity contribution < 1.29 is 19.1 Å². The van der Waals surface area contributed by atoms with Crippen molar-refractivity contribution in [1.29, 1.82) is 0 Å². The number of hydrogen-bond donors (Lipinski definition) is 0. The summed E-state index contributed by atoms with van der Waals surface area (Å²) < 4.78 is 9.43. The molecule has 0 N–H and O–H groups in total. The Hall–Kier alpha value is -1.84. The van der Waals surface area contributed by atoms with E-state index in [1.165, 1.54) is 0 Å². The molecule has 0 aliphatic rings. The summed E-state index contributed by atoms with van der Waals surface area (Å²) >= 11 is 0. The van der Waals surface area contributed by atoms with Crippen molar-refractivity contribution in [3.05, 3.63) is 37.6 Å². The molecule has 0 heterocycles. The molecular formula is C11H14O4. The fraction of sp³-hybridized carbons (Fsp3) is 0.273. The first-order chi connectivity index (χ1) is 7.10. The third-order valence-corrected chi connectivity index (χ3v) is 1.42. The summed E-state index contributed by atoms with van der Waals surface area (Å²) in [5.41, 5.74) is 0. The van der Waals surface area contributed by atoms with Crippen LogP contribution in [0.5, 0.6) is 0 Å². The number of rotatable bonds is 7. The average Bonchev–Trinajstić information content (AvgIpc) is 2.23. The van der Waals surface area contributed by atoms with E-state index in [4.69, 9.17) is 9.47 Å². The van der Waals surface area contributed by atoms with Gasteiger partial charge in [-0.1, -0.05) is 19.7 Å². The van der Waals surface area contributed by atoms with Crippen LogP contribution < -0.4 is 0 Å². The molecule has 0 fully saturated rings. The molecule has 0 aliphatic carbocycles. The van der Waals surface area contributed by atoms with E-state index >= 15 is 0 Å². The van der Waals surface area contributed by atoms with Gasteiger partial charge in [-0.05, 0) is 6.42 Å². The lowest BCUT2D eigenvalue weighted by Crippen LogP contribution is -2.04. The van der Waals surface area contributed by atoms with E-state index in [9.17, 15) is 9.59 Å². The monoisotopic (exact) mass is 210 g/mol. The summed E-state index contributed by atoms with van der Waals surface area (Å²) in [6, 6.07) is 0. The van der Waals surface area contributed by atoms with Crippen LogP contribution in [0.15, 0.2) is 37.6 Å². The van der Waals surface area contributed by atoms with E-state index in [2.05, 4.69) is 19.7 Å². The fourth-order valence-corrected chi connectivity index (χ4v) is 0.736.